The number of ether oxygens (including phenoxy) is 3. The molecule has 1 aliphatic rings. The predicted octanol–water partition coefficient (Wildman–Crippen LogP) is 3.95. The van der Waals surface area contributed by atoms with E-state index in [9.17, 15) is 4.79 Å². The average Bonchev–Trinajstić information content (AvgIpc) is 2.86. The molecule has 0 aliphatic carbocycles. The Morgan fingerprint density at radius 3 is 2.58 bits per heavy atom. The molecule has 1 aliphatic heterocycles. The lowest BCUT2D eigenvalue weighted by Crippen LogP contribution is -2.31. The summed E-state index contributed by atoms with van der Waals surface area (Å²) in [6.07, 6.45) is 0.848. The van der Waals surface area contributed by atoms with E-state index in [4.69, 9.17) is 25.8 Å². The molecule has 6 nitrogen and oxygen atoms in total. The van der Waals surface area contributed by atoms with E-state index in [-0.39, 0.29) is 5.91 Å². The molecule has 0 saturated carbocycles. The smallest absolute Gasteiger partial charge is 0.246 e. The molecule has 2 aromatic rings. The minimum atomic E-state index is -0.458. The van der Waals surface area contributed by atoms with Crippen LogP contribution in [0.3, 0.4) is 0 Å². The maximum Gasteiger partial charge on any atom is 0.246 e. The summed E-state index contributed by atoms with van der Waals surface area (Å²) in [5.74, 6) is 1.78. The van der Waals surface area contributed by atoms with Gasteiger partial charge in [-0.05, 0) is 37.3 Å². The van der Waals surface area contributed by atoms with Crippen LogP contribution in [0.4, 0.5) is 11.4 Å². The highest BCUT2D eigenvalue weighted by Gasteiger charge is 2.16. The average molecular weight is 377 g/mol. The number of anilines is 2. The molecule has 2 N–H and O–H groups in total. The van der Waals surface area contributed by atoms with Crippen LogP contribution in [-0.4, -0.2) is 32.3 Å². The van der Waals surface area contributed by atoms with Gasteiger partial charge in [-0.15, -0.1) is 0 Å². The van der Waals surface area contributed by atoms with Gasteiger partial charge in [-0.25, -0.2) is 0 Å². The van der Waals surface area contributed by atoms with E-state index in [1.165, 1.54) is 0 Å². The van der Waals surface area contributed by atoms with Crippen molar-refractivity contribution in [2.24, 2.45) is 0 Å². The number of halogens is 1. The molecule has 1 amide bonds. The number of rotatable bonds is 5. The van der Waals surface area contributed by atoms with E-state index < -0.39 is 6.04 Å². The molecule has 7 heteroatoms. The zero-order valence-electron chi connectivity index (χ0n) is 14.7. The zero-order valence-corrected chi connectivity index (χ0v) is 15.4. The van der Waals surface area contributed by atoms with Crippen LogP contribution >= 0.6 is 11.6 Å². The highest BCUT2D eigenvalue weighted by molar-refractivity contribution is 6.32. The third-order valence-electron chi connectivity index (χ3n) is 3.94. The van der Waals surface area contributed by atoms with E-state index in [0.717, 1.165) is 17.9 Å². The normalized spacial score (nSPS) is 14.1. The topological polar surface area (TPSA) is 68.8 Å². The summed E-state index contributed by atoms with van der Waals surface area (Å²) in [5.41, 5.74) is 1.39. The summed E-state index contributed by atoms with van der Waals surface area (Å²) in [6.45, 7) is 3.04. The molecule has 1 heterocycles. The second kappa shape index (κ2) is 8.19. The number of carbonyl (C=O) groups is 1. The molecule has 0 spiro atoms. The Hall–Kier alpha value is -2.60. The quantitative estimate of drug-likeness (QED) is 0.827. The molecule has 0 fully saturated rings. The summed E-state index contributed by atoms with van der Waals surface area (Å²) in [6, 6.07) is 10.2. The van der Waals surface area contributed by atoms with Gasteiger partial charge in [-0.3, -0.25) is 4.79 Å². The lowest BCUT2D eigenvalue weighted by Gasteiger charge is -2.17. The number of hydrogen-bond donors (Lipinski definition) is 2. The maximum atomic E-state index is 12.4. The van der Waals surface area contributed by atoms with Crippen LogP contribution in [0.5, 0.6) is 17.2 Å². The van der Waals surface area contributed by atoms with E-state index >= 15 is 0 Å². The highest BCUT2D eigenvalue weighted by Crippen LogP contribution is 2.32. The number of carbonyl (C=O) groups excluding carboxylic acids is 1. The van der Waals surface area contributed by atoms with Crippen LogP contribution in [-0.2, 0) is 4.79 Å². The molecular formula is C19H21ClN2O4. The number of amides is 1. The molecule has 0 bridgehead atoms. The number of methoxy groups -OCH3 is 1. The Morgan fingerprint density at radius 1 is 1.12 bits per heavy atom. The predicted molar refractivity (Wildman–Crippen MR) is 102 cm³/mol. The SMILES string of the molecule is COc1ccc(NC(=O)C(C)Nc2ccc3c(c2)OCCCO3)cc1Cl. The first-order valence-corrected chi connectivity index (χ1v) is 8.75. The lowest BCUT2D eigenvalue weighted by molar-refractivity contribution is -0.116. The van der Waals surface area contributed by atoms with Gasteiger partial charge in [0.25, 0.3) is 0 Å². The number of fused-ring (bicyclic) bond motifs is 1. The van der Waals surface area contributed by atoms with Gasteiger partial charge >= 0.3 is 0 Å². The van der Waals surface area contributed by atoms with Gasteiger partial charge in [-0.1, -0.05) is 11.6 Å². The van der Waals surface area contributed by atoms with E-state index in [2.05, 4.69) is 10.6 Å². The Labute approximate surface area is 157 Å². The summed E-state index contributed by atoms with van der Waals surface area (Å²) < 4.78 is 16.4. The minimum absolute atomic E-state index is 0.182. The van der Waals surface area contributed by atoms with Crippen molar-refractivity contribution in [3.63, 3.8) is 0 Å². The van der Waals surface area contributed by atoms with Crippen molar-refractivity contribution in [3.05, 3.63) is 41.4 Å². The van der Waals surface area contributed by atoms with Gasteiger partial charge in [0.05, 0.1) is 25.3 Å². The van der Waals surface area contributed by atoms with Gasteiger partial charge in [0.15, 0.2) is 11.5 Å². The lowest BCUT2D eigenvalue weighted by atomic mass is 10.2. The molecule has 26 heavy (non-hydrogen) atoms. The standard InChI is InChI=1S/C19H21ClN2O4/c1-12(19(23)22-13-4-6-16(24-2)15(20)10-13)21-14-5-7-17-18(11-14)26-9-3-8-25-17/h4-7,10-12,21H,3,8-9H2,1-2H3,(H,22,23). The second-order valence-electron chi connectivity index (χ2n) is 5.92. The third kappa shape index (κ3) is 4.32. The van der Waals surface area contributed by atoms with Crippen molar-refractivity contribution in [1.29, 1.82) is 0 Å². The van der Waals surface area contributed by atoms with Crippen molar-refractivity contribution >= 4 is 28.9 Å². The third-order valence-corrected chi connectivity index (χ3v) is 4.24. The van der Waals surface area contributed by atoms with Gasteiger partial charge in [0.1, 0.15) is 11.8 Å². The Balaban J connectivity index is 1.64. The van der Waals surface area contributed by atoms with Crippen molar-refractivity contribution in [2.75, 3.05) is 31.0 Å². The number of nitrogens with one attached hydrogen (secondary N) is 2. The van der Waals surface area contributed by atoms with Crippen LogP contribution in [0.1, 0.15) is 13.3 Å². The highest BCUT2D eigenvalue weighted by atomic mass is 35.5. The van der Waals surface area contributed by atoms with Gasteiger partial charge < -0.3 is 24.8 Å². The van der Waals surface area contributed by atoms with Crippen LogP contribution in [0.15, 0.2) is 36.4 Å². The summed E-state index contributed by atoms with van der Waals surface area (Å²) in [4.78, 5) is 12.4. The maximum absolute atomic E-state index is 12.4. The van der Waals surface area contributed by atoms with Crippen LogP contribution in [0, 0.1) is 0 Å². The van der Waals surface area contributed by atoms with E-state index in [1.807, 2.05) is 18.2 Å². The molecule has 138 valence electrons. The van der Waals surface area contributed by atoms with Crippen LogP contribution in [0.25, 0.3) is 0 Å². The van der Waals surface area contributed by atoms with Crippen molar-refractivity contribution in [1.82, 2.24) is 0 Å². The number of hydrogen-bond acceptors (Lipinski definition) is 5. The molecule has 0 radical (unpaired) electrons. The van der Waals surface area contributed by atoms with Crippen LogP contribution in [0.2, 0.25) is 5.02 Å². The van der Waals surface area contributed by atoms with Gasteiger partial charge in [-0.2, -0.15) is 0 Å². The minimum Gasteiger partial charge on any atom is -0.495 e. The zero-order chi connectivity index (χ0) is 18.5. The first-order valence-electron chi connectivity index (χ1n) is 8.37. The molecule has 3 rings (SSSR count). The van der Waals surface area contributed by atoms with Crippen molar-refractivity contribution in [2.45, 2.75) is 19.4 Å². The van der Waals surface area contributed by atoms with Gasteiger partial charge in [0.2, 0.25) is 5.91 Å². The molecular weight excluding hydrogens is 356 g/mol. The molecule has 0 saturated heterocycles. The summed E-state index contributed by atoms with van der Waals surface area (Å²) >= 11 is 6.09. The fourth-order valence-electron chi connectivity index (χ4n) is 2.56. The first-order chi connectivity index (χ1) is 12.6. The molecule has 1 unspecified atom stereocenters. The van der Waals surface area contributed by atoms with Gasteiger partial charge in [0, 0.05) is 23.9 Å². The Bertz CT molecular complexity index is 797. The Kier molecular flexibility index (Phi) is 5.73. The molecule has 0 aromatic heterocycles. The van der Waals surface area contributed by atoms with E-state index in [0.29, 0.717) is 35.4 Å². The number of benzene rings is 2. The Morgan fingerprint density at radius 2 is 1.85 bits per heavy atom. The fraction of sp³-hybridized carbons (Fsp3) is 0.316. The molecule has 2 aromatic carbocycles. The van der Waals surface area contributed by atoms with Crippen molar-refractivity contribution < 1.29 is 19.0 Å². The monoisotopic (exact) mass is 376 g/mol. The first kappa shape index (κ1) is 18.2. The fourth-order valence-corrected chi connectivity index (χ4v) is 2.82. The molecule has 1 atom stereocenters. The largest absolute Gasteiger partial charge is 0.495 e. The summed E-state index contributed by atoms with van der Waals surface area (Å²) in [5, 5.41) is 6.43. The summed E-state index contributed by atoms with van der Waals surface area (Å²) in [7, 11) is 1.54. The van der Waals surface area contributed by atoms with Crippen molar-refractivity contribution in [3.8, 4) is 17.2 Å². The van der Waals surface area contributed by atoms with E-state index in [1.54, 1.807) is 32.2 Å². The van der Waals surface area contributed by atoms with Crippen LogP contribution < -0.4 is 24.8 Å². The second-order valence-corrected chi connectivity index (χ2v) is 6.32.